The van der Waals surface area contributed by atoms with E-state index >= 15 is 0 Å². The second kappa shape index (κ2) is 4.93. The van der Waals surface area contributed by atoms with Crippen molar-refractivity contribution in [2.75, 3.05) is 0 Å². The van der Waals surface area contributed by atoms with Crippen LogP contribution in [0.15, 0.2) is 24.3 Å². The second-order valence-corrected chi connectivity index (χ2v) is 4.68. The van der Waals surface area contributed by atoms with Gasteiger partial charge in [0.25, 0.3) is 0 Å². The molecule has 3 aromatic rings. The van der Waals surface area contributed by atoms with Gasteiger partial charge >= 0.3 is 7.12 Å². The number of benzene rings is 3. The average Bonchev–Trinajstić information content (AvgIpc) is 2.44. The van der Waals surface area contributed by atoms with E-state index in [0.717, 1.165) is 12.1 Å². The number of fused-ring (bicyclic) bond motifs is 2. The Kier molecular flexibility index (Phi) is 3.30. The monoisotopic (exact) mass is 312 g/mol. The van der Waals surface area contributed by atoms with Gasteiger partial charge in [0.2, 0.25) is 0 Å². The minimum Gasteiger partial charge on any atom is -0.423 e. The zero-order chi connectivity index (χ0) is 16.2. The molecule has 0 spiro atoms. The van der Waals surface area contributed by atoms with Gasteiger partial charge in [-0.3, -0.25) is 0 Å². The summed E-state index contributed by atoms with van der Waals surface area (Å²) in [6.45, 7) is 0. The van der Waals surface area contributed by atoms with Crippen LogP contribution in [0, 0.1) is 29.1 Å². The fourth-order valence-electron chi connectivity index (χ4n) is 2.49. The van der Waals surface area contributed by atoms with Gasteiger partial charge in [-0.15, -0.1) is 0 Å². The van der Waals surface area contributed by atoms with Crippen LogP contribution in [0.4, 0.5) is 22.0 Å². The van der Waals surface area contributed by atoms with Crippen LogP contribution >= 0.6 is 0 Å². The Morgan fingerprint density at radius 2 is 1.45 bits per heavy atom. The molecular weight excluding hydrogens is 306 g/mol. The lowest BCUT2D eigenvalue weighted by molar-refractivity contribution is 0.416. The first-order valence-electron chi connectivity index (χ1n) is 6.07. The fraction of sp³-hybridized carbons (Fsp3) is 0. The lowest BCUT2D eigenvalue weighted by Crippen LogP contribution is -2.35. The average molecular weight is 312 g/mol. The summed E-state index contributed by atoms with van der Waals surface area (Å²) in [5.41, 5.74) is -1.01. The second-order valence-electron chi connectivity index (χ2n) is 4.68. The highest BCUT2D eigenvalue weighted by molar-refractivity contribution is 6.62. The molecule has 3 rings (SSSR count). The molecule has 0 heterocycles. The highest BCUT2D eigenvalue weighted by Crippen LogP contribution is 2.31. The van der Waals surface area contributed by atoms with Crippen molar-refractivity contribution in [3.63, 3.8) is 0 Å². The number of hydrogen-bond acceptors (Lipinski definition) is 2. The lowest BCUT2D eigenvalue weighted by atomic mass is 9.76. The molecular formula is C14H6BF5O2. The van der Waals surface area contributed by atoms with E-state index in [1.807, 2.05) is 0 Å². The van der Waals surface area contributed by atoms with Crippen LogP contribution < -0.4 is 5.46 Å². The summed E-state index contributed by atoms with van der Waals surface area (Å²) in [6, 6.07) is 4.41. The summed E-state index contributed by atoms with van der Waals surface area (Å²) in [4.78, 5) is 0. The summed E-state index contributed by atoms with van der Waals surface area (Å²) in [5.74, 6) is -8.21. The molecule has 22 heavy (non-hydrogen) atoms. The third-order valence-electron chi connectivity index (χ3n) is 3.44. The summed E-state index contributed by atoms with van der Waals surface area (Å²) < 4.78 is 69.3. The van der Waals surface area contributed by atoms with Crippen molar-refractivity contribution in [1.82, 2.24) is 0 Å². The Balaban J connectivity index is 2.67. The van der Waals surface area contributed by atoms with Crippen LogP contribution in [0.2, 0.25) is 0 Å². The third-order valence-corrected chi connectivity index (χ3v) is 3.44. The highest BCUT2D eigenvalue weighted by Gasteiger charge is 2.29. The van der Waals surface area contributed by atoms with Crippen LogP contribution in [-0.2, 0) is 0 Å². The molecule has 0 unspecified atom stereocenters. The smallest absolute Gasteiger partial charge is 0.423 e. The molecule has 0 saturated carbocycles. The molecule has 0 aromatic heterocycles. The predicted molar refractivity (Wildman–Crippen MR) is 71.1 cm³/mol. The van der Waals surface area contributed by atoms with Crippen LogP contribution in [0.25, 0.3) is 21.5 Å². The van der Waals surface area contributed by atoms with Gasteiger partial charge in [0, 0.05) is 5.46 Å². The molecule has 0 saturated heterocycles. The van der Waals surface area contributed by atoms with E-state index in [2.05, 4.69) is 0 Å². The van der Waals surface area contributed by atoms with Gasteiger partial charge in [-0.2, -0.15) is 0 Å². The Bertz CT molecular complexity index is 927. The molecule has 0 aliphatic rings. The Hall–Kier alpha value is -2.19. The first-order chi connectivity index (χ1) is 10.3. The van der Waals surface area contributed by atoms with Gasteiger partial charge in [-0.1, -0.05) is 12.1 Å². The summed E-state index contributed by atoms with van der Waals surface area (Å²) in [5, 5.41) is 16.1. The van der Waals surface area contributed by atoms with Crippen molar-refractivity contribution < 1.29 is 32.0 Å². The van der Waals surface area contributed by atoms with Gasteiger partial charge in [0.1, 0.15) is 11.6 Å². The van der Waals surface area contributed by atoms with E-state index in [9.17, 15) is 22.0 Å². The Morgan fingerprint density at radius 3 is 2.09 bits per heavy atom. The summed E-state index contributed by atoms with van der Waals surface area (Å²) in [6.07, 6.45) is 0. The van der Waals surface area contributed by atoms with Gasteiger partial charge in [-0.05, 0) is 22.9 Å². The van der Waals surface area contributed by atoms with E-state index in [4.69, 9.17) is 10.0 Å². The molecule has 0 bridgehead atoms. The quantitative estimate of drug-likeness (QED) is 0.313. The van der Waals surface area contributed by atoms with Gasteiger partial charge in [-0.25, -0.2) is 22.0 Å². The van der Waals surface area contributed by atoms with Crippen molar-refractivity contribution in [3.05, 3.63) is 53.4 Å². The van der Waals surface area contributed by atoms with E-state index in [0.29, 0.717) is 0 Å². The molecule has 0 amide bonds. The summed E-state index contributed by atoms with van der Waals surface area (Å²) >= 11 is 0. The van der Waals surface area contributed by atoms with Crippen molar-refractivity contribution >= 4 is 34.1 Å². The largest absolute Gasteiger partial charge is 0.492 e. The van der Waals surface area contributed by atoms with Crippen molar-refractivity contribution in [2.24, 2.45) is 0 Å². The normalized spacial score (nSPS) is 11.4. The molecule has 0 fully saturated rings. The maximum absolute atomic E-state index is 14.4. The maximum Gasteiger partial charge on any atom is 0.492 e. The van der Waals surface area contributed by atoms with E-state index in [-0.39, 0.29) is 5.39 Å². The zero-order valence-corrected chi connectivity index (χ0v) is 10.7. The van der Waals surface area contributed by atoms with Crippen molar-refractivity contribution in [1.29, 1.82) is 0 Å². The van der Waals surface area contributed by atoms with Crippen LogP contribution in [0.5, 0.6) is 0 Å². The van der Waals surface area contributed by atoms with Gasteiger partial charge in [0.05, 0.1) is 10.8 Å². The molecule has 0 radical (unpaired) electrons. The first kappa shape index (κ1) is 14.7. The molecule has 3 aromatic carbocycles. The van der Waals surface area contributed by atoms with Crippen LogP contribution in [-0.4, -0.2) is 17.2 Å². The topological polar surface area (TPSA) is 40.5 Å². The van der Waals surface area contributed by atoms with Gasteiger partial charge in [0.15, 0.2) is 17.5 Å². The van der Waals surface area contributed by atoms with E-state index < -0.39 is 57.8 Å². The Labute approximate surface area is 120 Å². The van der Waals surface area contributed by atoms with E-state index in [1.165, 1.54) is 12.1 Å². The molecule has 0 aliphatic carbocycles. The fourth-order valence-corrected chi connectivity index (χ4v) is 2.49. The predicted octanol–water partition coefficient (Wildman–Crippen LogP) is 2.37. The lowest BCUT2D eigenvalue weighted by Gasteiger charge is -2.12. The maximum atomic E-state index is 14.4. The number of halogens is 5. The molecule has 2 nitrogen and oxygen atoms in total. The van der Waals surface area contributed by atoms with Gasteiger partial charge < -0.3 is 10.0 Å². The van der Waals surface area contributed by atoms with Crippen molar-refractivity contribution in [2.45, 2.75) is 0 Å². The first-order valence-corrected chi connectivity index (χ1v) is 6.07. The molecule has 2 N–H and O–H groups in total. The highest BCUT2D eigenvalue weighted by atomic mass is 19.2. The van der Waals surface area contributed by atoms with Crippen LogP contribution in [0.1, 0.15) is 0 Å². The third kappa shape index (κ3) is 1.88. The molecule has 0 atom stereocenters. The number of rotatable bonds is 1. The van der Waals surface area contributed by atoms with E-state index in [1.54, 1.807) is 0 Å². The molecule has 112 valence electrons. The zero-order valence-electron chi connectivity index (χ0n) is 10.7. The van der Waals surface area contributed by atoms with Crippen molar-refractivity contribution in [3.8, 4) is 0 Å². The minimum absolute atomic E-state index is 0.0580. The SMILES string of the molecule is OB(O)c1c(F)c(F)c(F)c2c(F)c3c(F)cccc3cc12. The standard InChI is InChI=1S/C14H6BF5O2/c16-7-3-1-2-5-4-6-9(11(17)8(5)7)12(18)14(20)13(19)10(6)15(21)22/h1-4,21-22H. The minimum atomic E-state index is -2.50. The van der Waals surface area contributed by atoms with Crippen LogP contribution in [0.3, 0.4) is 0 Å². The number of hydrogen-bond donors (Lipinski definition) is 2. The Morgan fingerprint density at radius 1 is 0.773 bits per heavy atom. The summed E-state index contributed by atoms with van der Waals surface area (Å²) in [7, 11) is -2.50. The molecule has 8 heteroatoms. The molecule has 0 aliphatic heterocycles.